The molecule has 0 aromatic carbocycles. The van der Waals surface area contributed by atoms with Crippen LogP contribution >= 0.6 is 0 Å². The van der Waals surface area contributed by atoms with Crippen molar-refractivity contribution in [2.75, 3.05) is 20.3 Å². The molecule has 0 saturated carbocycles. The molecule has 128 valence electrons. The molecular weight excluding hydrogens is 290 g/mol. The number of aliphatic imine (C=N–C) groups is 1. The van der Waals surface area contributed by atoms with Gasteiger partial charge in [0.25, 0.3) is 0 Å². The van der Waals surface area contributed by atoms with Gasteiger partial charge in [0.15, 0.2) is 5.96 Å². The van der Waals surface area contributed by atoms with Crippen molar-refractivity contribution in [2.45, 2.75) is 52.7 Å². The van der Waals surface area contributed by atoms with Gasteiger partial charge in [-0.15, -0.1) is 0 Å². The van der Waals surface area contributed by atoms with Gasteiger partial charge < -0.3 is 15.4 Å². The van der Waals surface area contributed by atoms with Crippen LogP contribution < -0.4 is 10.6 Å². The van der Waals surface area contributed by atoms with Crippen LogP contribution in [0.15, 0.2) is 17.1 Å². The molecule has 23 heavy (non-hydrogen) atoms. The Morgan fingerprint density at radius 3 is 2.78 bits per heavy atom. The zero-order valence-corrected chi connectivity index (χ0v) is 14.7. The summed E-state index contributed by atoms with van der Waals surface area (Å²) in [6.45, 7) is 9.17. The van der Waals surface area contributed by atoms with Gasteiger partial charge in [-0.1, -0.05) is 12.2 Å². The highest BCUT2D eigenvalue weighted by atomic mass is 16.5. The minimum Gasteiger partial charge on any atom is -0.383 e. The van der Waals surface area contributed by atoms with E-state index in [1.807, 2.05) is 11.6 Å². The molecule has 1 aliphatic carbocycles. The molecule has 6 heteroatoms. The summed E-state index contributed by atoms with van der Waals surface area (Å²) >= 11 is 0. The zero-order valence-electron chi connectivity index (χ0n) is 14.7. The molecule has 1 aromatic rings. The quantitative estimate of drug-likeness (QED) is 0.458. The van der Waals surface area contributed by atoms with Crippen molar-refractivity contribution >= 4 is 5.96 Å². The monoisotopic (exact) mass is 319 g/mol. The number of nitrogens with zero attached hydrogens (tertiary/aromatic N) is 3. The Labute approximate surface area is 139 Å². The van der Waals surface area contributed by atoms with Crippen LogP contribution in [0.5, 0.6) is 0 Å². The maximum atomic E-state index is 5.14. The van der Waals surface area contributed by atoms with Crippen LogP contribution in [-0.4, -0.2) is 42.0 Å². The highest BCUT2D eigenvalue weighted by Crippen LogP contribution is 2.14. The van der Waals surface area contributed by atoms with E-state index in [1.54, 1.807) is 7.11 Å². The number of hydrogen-bond donors (Lipinski definition) is 2. The first-order chi connectivity index (χ1) is 11.2. The zero-order chi connectivity index (χ0) is 16.7. The number of aryl methyl sites for hydroxylation is 1. The third-order valence-electron chi connectivity index (χ3n) is 4.13. The minimum atomic E-state index is 0.458. The van der Waals surface area contributed by atoms with E-state index in [4.69, 9.17) is 9.73 Å². The van der Waals surface area contributed by atoms with E-state index in [9.17, 15) is 0 Å². The average molecular weight is 319 g/mol. The second-order valence-corrected chi connectivity index (χ2v) is 5.84. The maximum absolute atomic E-state index is 5.14. The van der Waals surface area contributed by atoms with Gasteiger partial charge in [-0.25, -0.2) is 4.99 Å². The summed E-state index contributed by atoms with van der Waals surface area (Å²) in [7, 11) is 1.71. The standard InChI is InChI=1S/C17H29N5O/c1-5-18-17(20-15-8-6-7-9-15)19-12-16-13(2)21-22(14(16)3)10-11-23-4/h6-7,15H,5,8-12H2,1-4H3,(H2,18,19,20). The van der Waals surface area contributed by atoms with Crippen molar-refractivity contribution in [2.24, 2.45) is 4.99 Å². The molecule has 6 nitrogen and oxygen atoms in total. The molecule has 0 amide bonds. The summed E-state index contributed by atoms with van der Waals surface area (Å²) in [5, 5.41) is 11.4. The number of hydrogen-bond acceptors (Lipinski definition) is 3. The summed E-state index contributed by atoms with van der Waals surface area (Å²) < 4.78 is 7.14. The summed E-state index contributed by atoms with van der Waals surface area (Å²) in [6, 6.07) is 0.458. The molecule has 1 aromatic heterocycles. The smallest absolute Gasteiger partial charge is 0.191 e. The van der Waals surface area contributed by atoms with Gasteiger partial charge in [0.2, 0.25) is 0 Å². The summed E-state index contributed by atoms with van der Waals surface area (Å²) in [5.41, 5.74) is 3.41. The summed E-state index contributed by atoms with van der Waals surface area (Å²) in [5.74, 6) is 0.879. The lowest BCUT2D eigenvalue weighted by Gasteiger charge is -2.16. The number of ether oxygens (including phenoxy) is 1. The Hall–Kier alpha value is -1.82. The van der Waals surface area contributed by atoms with Crippen molar-refractivity contribution < 1.29 is 4.74 Å². The predicted octanol–water partition coefficient (Wildman–Crippen LogP) is 1.92. The van der Waals surface area contributed by atoms with Crippen LogP contribution in [-0.2, 0) is 17.8 Å². The van der Waals surface area contributed by atoms with Gasteiger partial charge in [-0.2, -0.15) is 5.10 Å². The third-order valence-corrected chi connectivity index (χ3v) is 4.13. The molecule has 1 aliphatic rings. The van der Waals surface area contributed by atoms with Crippen molar-refractivity contribution in [3.63, 3.8) is 0 Å². The average Bonchev–Trinajstić information content (AvgIpc) is 3.12. The number of methoxy groups -OCH3 is 1. The predicted molar refractivity (Wildman–Crippen MR) is 93.7 cm³/mol. The Morgan fingerprint density at radius 1 is 1.39 bits per heavy atom. The van der Waals surface area contributed by atoms with E-state index < -0.39 is 0 Å². The van der Waals surface area contributed by atoms with E-state index in [2.05, 4.69) is 41.7 Å². The van der Waals surface area contributed by atoms with E-state index >= 15 is 0 Å². The van der Waals surface area contributed by atoms with Crippen molar-refractivity contribution in [1.82, 2.24) is 20.4 Å². The molecule has 2 rings (SSSR count). The minimum absolute atomic E-state index is 0.458. The Morgan fingerprint density at radius 2 is 2.13 bits per heavy atom. The molecule has 0 bridgehead atoms. The van der Waals surface area contributed by atoms with Gasteiger partial charge >= 0.3 is 0 Å². The molecule has 0 fully saturated rings. The fourth-order valence-electron chi connectivity index (χ4n) is 2.76. The van der Waals surface area contributed by atoms with Gasteiger partial charge in [0.05, 0.1) is 25.4 Å². The number of rotatable bonds is 7. The summed E-state index contributed by atoms with van der Waals surface area (Å²) in [6.07, 6.45) is 6.57. The maximum Gasteiger partial charge on any atom is 0.191 e. The summed E-state index contributed by atoms with van der Waals surface area (Å²) in [4.78, 5) is 4.74. The first-order valence-corrected chi connectivity index (χ1v) is 8.37. The molecule has 0 atom stereocenters. The van der Waals surface area contributed by atoms with Gasteiger partial charge in [-0.05, 0) is 33.6 Å². The Balaban J connectivity index is 2.04. The highest BCUT2D eigenvalue weighted by molar-refractivity contribution is 5.80. The lowest BCUT2D eigenvalue weighted by Crippen LogP contribution is -2.42. The fraction of sp³-hybridized carbons (Fsp3) is 0.647. The van der Waals surface area contributed by atoms with Crippen LogP contribution in [0.4, 0.5) is 0 Å². The molecule has 0 spiro atoms. The van der Waals surface area contributed by atoms with Crippen molar-refractivity contribution in [3.05, 3.63) is 29.1 Å². The van der Waals surface area contributed by atoms with Crippen LogP contribution in [0, 0.1) is 13.8 Å². The SMILES string of the molecule is CCNC(=NCc1c(C)nn(CCOC)c1C)NC1CC=CC1. The highest BCUT2D eigenvalue weighted by Gasteiger charge is 2.13. The molecule has 0 unspecified atom stereocenters. The fourth-order valence-corrected chi connectivity index (χ4v) is 2.76. The lowest BCUT2D eigenvalue weighted by molar-refractivity contribution is 0.182. The second kappa shape index (κ2) is 8.72. The van der Waals surface area contributed by atoms with E-state index in [0.29, 0.717) is 19.2 Å². The Bertz CT molecular complexity index is 554. The van der Waals surface area contributed by atoms with E-state index in [0.717, 1.165) is 37.6 Å². The topological polar surface area (TPSA) is 63.5 Å². The van der Waals surface area contributed by atoms with Crippen molar-refractivity contribution in [3.8, 4) is 0 Å². The lowest BCUT2D eigenvalue weighted by atomic mass is 10.2. The number of guanidine groups is 1. The first-order valence-electron chi connectivity index (χ1n) is 8.37. The van der Waals surface area contributed by atoms with Crippen LogP contribution in [0.1, 0.15) is 36.7 Å². The van der Waals surface area contributed by atoms with Crippen LogP contribution in [0.3, 0.4) is 0 Å². The molecule has 2 N–H and O–H groups in total. The molecule has 0 radical (unpaired) electrons. The molecular formula is C17H29N5O. The molecule has 0 aliphatic heterocycles. The van der Waals surface area contributed by atoms with Gasteiger partial charge in [0, 0.05) is 31.0 Å². The van der Waals surface area contributed by atoms with E-state index in [1.165, 1.54) is 11.3 Å². The number of nitrogens with one attached hydrogen (secondary N) is 2. The van der Waals surface area contributed by atoms with E-state index in [-0.39, 0.29) is 0 Å². The van der Waals surface area contributed by atoms with Crippen molar-refractivity contribution in [1.29, 1.82) is 0 Å². The first kappa shape index (κ1) is 17.5. The van der Waals surface area contributed by atoms with Gasteiger partial charge in [0.1, 0.15) is 0 Å². The van der Waals surface area contributed by atoms with Gasteiger partial charge in [-0.3, -0.25) is 4.68 Å². The third kappa shape index (κ3) is 4.82. The van der Waals surface area contributed by atoms with Crippen LogP contribution in [0.25, 0.3) is 0 Å². The largest absolute Gasteiger partial charge is 0.383 e. The Kier molecular flexibility index (Phi) is 6.65. The van der Waals surface area contributed by atoms with Crippen LogP contribution in [0.2, 0.25) is 0 Å². The molecule has 0 saturated heterocycles. The normalized spacial score (nSPS) is 15.4. The second-order valence-electron chi connectivity index (χ2n) is 5.84. The molecule has 1 heterocycles. The number of aromatic nitrogens is 2.